The molecule has 2 nitrogen and oxygen atoms in total. The number of hydrogen-bond acceptors (Lipinski definition) is 2. The summed E-state index contributed by atoms with van der Waals surface area (Å²) in [6.07, 6.45) is 2.94. The van der Waals surface area contributed by atoms with Crippen molar-refractivity contribution in [1.29, 1.82) is 0 Å². The van der Waals surface area contributed by atoms with Crippen LogP contribution in [0, 0.1) is 0 Å². The molecule has 0 radical (unpaired) electrons. The highest BCUT2D eigenvalue weighted by Gasteiger charge is 2.37. The van der Waals surface area contributed by atoms with Crippen LogP contribution in [0.5, 0.6) is 5.75 Å². The number of phenolic OH excluding ortho intramolecular Hbond substituents is 1. The van der Waals surface area contributed by atoms with Crippen LogP contribution in [0.25, 0.3) is 0 Å². The second-order valence-corrected chi connectivity index (χ2v) is 6.34. The van der Waals surface area contributed by atoms with E-state index in [1.165, 1.54) is 11.1 Å². The van der Waals surface area contributed by atoms with Crippen LogP contribution in [-0.4, -0.2) is 11.4 Å². The van der Waals surface area contributed by atoms with Crippen LogP contribution in [0.1, 0.15) is 62.0 Å². The number of carbonyl (C=O) groups is 1. The Bertz CT molecular complexity index is 470. The van der Waals surface area contributed by atoms with Crippen molar-refractivity contribution < 1.29 is 9.90 Å². The van der Waals surface area contributed by atoms with Crippen molar-refractivity contribution >= 4 is 6.29 Å². The fraction of sp³-hybridized carbons (Fsp3) is 0.533. The van der Waals surface area contributed by atoms with Crippen LogP contribution in [0.3, 0.4) is 0 Å². The average Bonchev–Trinajstić information content (AvgIpc) is 2.24. The molecule has 2 heteroatoms. The van der Waals surface area contributed by atoms with E-state index in [9.17, 15) is 9.90 Å². The van der Waals surface area contributed by atoms with E-state index >= 15 is 0 Å². The minimum absolute atomic E-state index is 0.0732. The molecule has 0 heterocycles. The van der Waals surface area contributed by atoms with Gasteiger partial charge in [-0.15, -0.1) is 0 Å². The van der Waals surface area contributed by atoms with Gasteiger partial charge in [0.1, 0.15) is 5.75 Å². The molecule has 92 valence electrons. The van der Waals surface area contributed by atoms with Crippen LogP contribution < -0.4 is 0 Å². The third-order valence-electron chi connectivity index (χ3n) is 4.13. The van der Waals surface area contributed by atoms with Crippen molar-refractivity contribution in [3.63, 3.8) is 0 Å². The number of fused-ring (bicyclic) bond motifs is 1. The van der Waals surface area contributed by atoms with Gasteiger partial charge in [-0.05, 0) is 46.9 Å². The maximum absolute atomic E-state index is 10.9. The van der Waals surface area contributed by atoms with Gasteiger partial charge in [0.25, 0.3) is 0 Å². The fourth-order valence-corrected chi connectivity index (χ4v) is 2.71. The molecule has 0 saturated heterocycles. The second-order valence-electron chi connectivity index (χ2n) is 6.34. The standard InChI is InChI=1S/C15H20O2/c1-14(2)5-6-15(3,4)12-8-13(17)10(9-16)7-11(12)14/h7-9,17H,5-6H2,1-4H3. The Morgan fingerprint density at radius 1 is 1.06 bits per heavy atom. The van der Waals surface area contributed by atoms with Gasteiger partial charge in [-0.25, -0.2) is 0 Å². The molecule has 0 aromatic heterocycles. The average molecular weight is 232 g/mol. The van der Waals surface area contributed by atoms with E-state index in [-0.39, 0.29) is 16.6 Å². The van der Waals surface area contributed by atoms with Crippen LogP contribution in [0.4, 0.5) is 0 Å². The van der Waals surface area contributed by atoms with Gasteiger partial charge in [-0.1, -0.05) is 27.7 Å². The third kappa shape index (κ3) is 1.86. The lowest BCUT2D eigenvalue weighted by Crippen LogP contribution is -2.33. The predicted molar refractivity (Wildman–Crippen MR) is 68.8 cm³/mol. The number of carbonyl (C=O) groups excluding carboxylic acids is 1. The fourth-order valence-electron chi connectivity index (χ4n) is 2.71. The highest BCUT2D eigenvalue weighted by molar-refractivity contribution is 5.80. The largest absolute Gasteiger partial charge is 0.507 e. The molecular formula is C15H20O2. The lowest BCUT2D eigenvalue weighted by molar-refractivity contribution is 0.112. The molecule has 0 amide bonds. The van der Waals surface area contributed by atoms with E-state index in [0.717, 1.165) is 19.1 Å². The maximum atomic E-state index is 10.9. The number of phenols is 1. The zero-order valence-corrected chi connectivity index (χ0v) is 11.0. The van der Waals surface area contributed by atoms with Gasteiger partial charge < -0.3 is 5.11 Å². The van der Waals surface area contributed by atoms with Crippen molar-refractivity contribution in [1.82, 2.24) is 0 Å². The summed E-state index contributed by atoms with van der Waals surface area (Å²) in [5.74, 6) is 0.101. The SMILES string of the molecule is CC1(C)CCC(C)(C)c2cc(C=O)c(O)cc21. The van der Waals surface area contributed by atoms with Gasteiger partial charge in [-0.2, -0.15) is 0 Å². The molecule has 0 saturated carbocycles. The first-order valence-corrected chi connectivity index (χ1v) is 6.11. The molecule has 0 bridgehead atoms. The smallest absolute Gasteiger partial charge is 0.153 e. The minimum Gasteiger partial charge on any atom is -0.507 e. The second kappa shape index (κ2) is 3.59. The summed E-state index contributed by atoms with van der Waals surface area (Å²) < 4.78 is 0. The molecule has 0 unspecified atom stereocenters. The first-order chi connectivity index (χ1) is 7.78. The Morgan fingerprint density at radius 3 is 2.00 bits per heavy atom. The van der Waals surface area contributed by atoms with Gasteiger partial charge >= 0.3 is 0 Å². The Balaban J connectivity index is 2.72. The quantitative estimate of drug-likeness (QED) is 0.752. The summed E-state index contributed by atoms with van der Waals surface area (Å²) in [6.45, 7) is 8.79. The highest BCUT2D eigenvalue weighted by atomic mass is 16.3. The first kappa shape index (κ1) is 12.2. The first-order valence-electron chi connectivity index (χ1n) is 6.11. The van der Waals surface area contributed by atoms with Gasteiger partial charge in [0.05, 0.1) is 5.56 Å². The molecule has 1 aliphatic carbocycles. The van der Waals surface area contributed by atoms with Crippen molar-refractivity contribution in [2.75, 3.05) is 0 Å². The Hall–Kier alpha value is -1.31. The predicted octanol–water partition coefficient (Wildman–Crippen LogP) is 3.55. The molecule has 0 fully saturated rings. The molecule has 0 atom stereocenters. The molecule has 1 aromatic rings. The van der Waals surface area contributed by atoms with E-state index in [4.69, 9.17) is 0 Å². The molecule has 17 heavy (non-hydrogen) atoms. The van der Waals surface area contributed by atoms with Crippen LogP contribution >= 0.6 is 0 Å². The lowest BCUT2D eigenvalue weighted by Gasteiger charge is -2.42. The van der Waals surface area contributed by atoms with E-state index in [2.05, 4.69) is 27.7 Å². The Labute approximate surface area is 103 Å². The van der Waals surface area contributed by atoms with E-state index in [0.29, 0.717) is 5.56 Å². The number of benzene rings is 1. The summed E-state index contributed by atoms with van der Waals surface area (Å²) in [4.78, 5) is 10.9. The number of aldehydes is 1. The summed E-state index contributed by atoms with van der Waals surface area (Å²) in [6, 6.07) is 3.64. The van der Waals surface area contributed by atoms with Crippen molar-refractivity contribution in [2.45, 2.75) is 51.4 Å². The summed E-state index contributed by atoms with van der Waals surface area (Å²) >= 11 is 0. The van der Waals surface area contributed by atoms with Crippen molar-refractivity contribution in [3.05, 3.63) is 28.8 Å². The monoisotopic (exact) mass is 232 g/mol. The zero-order valence-electron chi connectivity index (χ0n) is 11.0. The number of rotatable bonds is 1. The van der Waals surface area contributed by atoms with Gasteiger partial charge in [0.15, 0.2) is 6.29 Å². The number of hydrogen-bond donors (Lipinski definition) is 1. The van der Waals surface area contributed by atoms with Gasteiger partial charge in [-0.3, -0.25) is 4.79 Å². The van der Waals surface area contributed by atoms with Crippen molar-refractivity contribution in [3.8, 4) is 5.75 Å². The van der Waals surface area contributed by atoms with Crippen molar-refractivity contribution in [2.24, 2.45) is 0 Å². The van der Waals surface area contributed by atoms with Gasteiger partial charge in [0, 0.05) is 0 Å². The minimum atomic E-state index is 0.0732. The van der Waals surface area contributed by atoms with E-state index in [1.54, 1.807) is 6.07 Å². The molecule has 1 N–H and O–H groups in total. The Kier molecular flexibility index (Phi) is 2.57. The molecule has 2 rings (SSSR count). The normalized spacial score (nSPS) is 20.7. The van der Waals surface area contributed by atoms with E-state index in [1.807, 2.05) is 6.07 Å². The lowest BCUT2D eigenvalue weighted by atomic mass is 9.63. The van der Waals surface area contributed by atoms with E-state index < -0.39 is 0 Å². The zero-order chi connectivity index (χ0) is 12.8. The molecule has 0 aliphatic heterocycles. The summed E-state index contributed by atoms with van der Waals surface area (Å²) in [5, 5.41) is 9.84. The van der Waals surface area contributed by atoms with Crippen LogP contribution in [0.2, 0.25) is 0 Å². The van der Waals surface area contributed by atoms with Gasteiger partial charge in [0.2, 0.25) is 0 Å². The molecule has 1 aromatic carbocycles. The summed E-state index contributed by atoms with van der Waals surface area (Å²) in [5.41, 5.74) is 2.93. The highest BCUT2D eigenvalue weighted by Crippen LogP contribution is 2.47. The topological polar surface area (TPSA) is 37.3 Å². The molecule has 1 aliphatic rings. The Morgan fingerprint density at radius 2 is 1.53 bits per heavy atom. The van der Waals surface area contributed by atoms with Crippen LogP contribution in [0.15, 0.2) is 12.1 Å². The number of aromatic hydroxyl groups is 1. The van der Waals surface area contributed by atoms with Crippen LogP contribution in [-0.2, 0) is 10.8 Å². The third-order valence-corrected chi connectivity index (χ3v) is 4.13. The summed E-state index contributed by atoms with van der Waals surface area (Å²) in [7, 11) is 0. The maximum Gasteiger partial charge on any atom is 0.153 e. The molecule has 0 spiro atoms. The molecular weight excluding hydrogens is 212 g/mol.